The molecule has 0 atom stereocenters. The van der Waals surface area contributed by atoms with Crippen LogP contribution in [0.5, 0.6) is 11.5 Å². The van der Waals surface area contributed by atoms with Crippen molar-refractivity contribution in [1.29, 1.82) is 0 Å². The summed E-state index contributed by atoms with van der Waals surface area (Å²) in [5, 5.41) is 4.44. The topological polar surface area (TPSA) is 53.3 Å². The molecule has 0 N–H and O–H groups in total. The molecule has 0 bridgehead atoms. The number of hydrogen-bond acceptors (Lipinski definition) is 4. The minimum Gasteiger partial charge on any atom is -0.496 e. The van der Waals surface area contributed by atoms with Crippen molar-refractivity contribution in [3.8, 4) is 11.5 Å². The molecule has 2 aromatic carbocycles. The zero-order valence-corrected chi connectivity index (χ0v) is 17.8. The average Bonchev–Trinajstić information content (AvgIpc) is 3.35. The summed E-state index contributed by atoms with van der Waals surface area (Å²) in [6.07, 6.45) is 8.30. The summed E-state index contributed by atoms with van der Waals surface area (Å²) in [5.74, 6) is 1.36. The molecule has 0 saturated carbocycles. The van der Waals surface area contributed by atoms with Crippen LogP contribution in [0.1, 0.15) is 39.2 Å². The lowest BCUT2D eigenvalue weighted by atomic mass is 10.1. The third-order valence-electron chi connectivity index (χ3n) is 5.21. The molecule has 3 aromatic rings. The number of halogens is 1. The van der Waals surface area contributed by atoms with Crippen LogP contribution in [-0.2, 0) is 26.5 Å². The summed E-state index contributed by atoms with van der Waals surface area (Å²) in [7, 11) is 3.36. The summed E-state index contributed by atoms with van der Waals surface area (Å²) in [4.78, 5) is 12.4. The van der Waals surface area contributed by atoms with Crippen LogP contribution in [0.4, 0.5) is 0 Å². The van der Waals surface area contributed by atoms with Gasteiger partial charge in [0.05, 0.1) is 12.1 Å². The Bertz CT molecular complexity index is 1120. The van der Waals surface area contributed by atoms with Gasteiger partial charge < -0.3 is 9.47 Å². The summed E-state index contributed by atoms with van der Waals surface area (Å²) < 4.78 is 13.0. The first-order valence-corrected chi connectivity index (χ1v) is 10.2. The van der Waals surface area contributed by atoms with Crippen LogP contribution < -0.4 is 9.47 Å². The number of ether oxygens (including phenoxy) is 2. The van der Waals surface area contributed by atoms with E-state index in [0.29, 0.717) is 11.6 Å². The molecule has 1 aromatic heterocycles. The highest BCUT2D eigenvalue weighted by molar-refractivity contribution is 6.34. The lowest BCUT2D eigenvalue weighted by molar-refractivity contribution is 0.104. The lowest BCUT2D eigenvalue weighted by Crippen LogP contribution is -2.00. The molecule has 0 fully saturated rings. The molecule has 154 valence electrons. The Morgan fingerprint density at radius 3 is 2.80 bits per heavy atom. The molecular formula is C24H23ClN2O3. The van der Waals surface area contributed by atoms with Gasteiger partial charge in [0.2, 0.25) is 5.78 Å². The molecule has 1 aliphatic rings. The van der Waals surface area contributed by atoms with Gasteiger partial charge in [-0.1, -0.05) is 29.8 Å². The Kier molecular flexibility index (Phi) is 5.91. The smallest absolute Gasteiger partial charge is 0.207 e. The molecule has 0 unspecified atom stereocenters. The first kappa shape index (κ1) is 20.2. The SMILES string of the molecule is COc1ccc(/C=C/C(=O)c2nn(C)cc2Cl)cc1COc1ccc2c(c1)CCC2. The van der Waals surface area contributed by atoms with E-state index in [2.05, 4.69) is 17.2 Å². The number of benzene rings is 2. The van der Waals surface area contributed by atoms with E-state index in [9.17, 15) is 4.79 Å². The van der Waals surface area contributed by atoms with Gasteiger partial charge in [-0.2, -0.15) is 5.10 Å². The van der Waals surface area contributed by atoms with Crippen molar-refractivity contribution in [1.82, 2.24) is 9.78 Å². The van der Waals surface area contributed by atoms with Crippen molar-refractivity contribution in [2.75, 3.05) is 7.11 Å². The molecule has 1 heterocycles. The number of aryl methyl sites for hydroxylation is 3. The van der Waals surface area contributed by atoms with Crippen molar-refractivity contribution in [2.24, 2.45) is 7.05 Å². The lowest BCUT2D eigenvalue weighted by Gasteiger charge is -2.12. The molecule has 0 radical (unpaired) electrons. The van der Waals surface area contributed by atoms with Gasteiger partial charge in [0, 0.05) is 18.8 Å². The van der Waals surface area contributed by atoms with E-state index in [1.165, 1.54) is 28.3 Å². The van der Waals surface area contributed by atoms with Crippen molar-refractivity contribution < 1.29 is 14.3 Å². The fourth-order valence-corrected chi connectivity index (χ4v) is 3.96. The van der Waals surface area contributed by atoms with Gasteiger partial charge in [0.1, 0.15) is 18.1 Å². The monoisotopic (exact) mass is 422 g/mol. The van der Waals surface area contributed by atoms with Crippen molar-refractivity contribution in [2.45, 2.75) is 25.9 Å². The number of ketones is 1. The molecule has 30 heavy (non-hydrogen) atoms. The van der Waals surface area contributed by atoms with Crippen LogP contribution in [0.3, 0.4) is 0 Å². The number of hydrogen-bond donors (Lipinski definition) is 0. The van der Waals surface area contributed by atoms with Crippen LogP contribution in [0.15, 0.2) is 48.7 Å². The van der Waals surface area contributed by atoms with Gasteiger partial charge >= 0.3 is 0 Å². The maximum Gasteiger partial charge on any atom is 0.207 e. The normalized spacial score (nSPS) is 12.9. The van der Waals surface area contributed by atoms with Crippen molar-refractivity contribution in [3.63, 3.8) is 0 Å². The highest BCUT2D eigenvalue weighted by Crippen LogP contribution is 2.28. The minimum absolute atomic E-state index is 0.240. The summed E-state index contributed by atoms with van der Waals surface area (Å²) in [5.41, 5.74) is 4.81. The highest BCUT2D eigenvalue weighted by atomic mass is 35.5. The van der Waals surface area contributed by atoms with E-state index in [-0.39, 0.29) is 11.5 Å². The Balaban J connectivity index is 1.49. The molecule has 1 aliphatic carbocycles. The van der Waals surface area contributed by atoms with E-state index in [1.54, 1.807) is 26.4 Å². The van der Waals surface area contributed by atoms with E-state index in [0.717, 1.165) is 35.5 Å². The Labute approximate surface area is 180 Å². The maximum absolute atomic E-state index is 12.4. The standard InChI is InChI=1S/C24H23ClN2O3/c1-27-14-21(25)24(26-27)22(28)10-6-16-7-11-23(29-2)19(12-16)15-30-20-9-8-17-4-3-5-18(17)13-20/h6-14H,3-5,15H2,1-2H3/b10-6+. The molecule has 0 amide bonds. The first-order valence-electron chi connectivity index (χ1n) is 9.86. The zero-order valence-electron chi connectivity index (χ0n) is 17.0. The summed E-state index contributed by atoms with van der Waals surface area (Å²) in [6, 6.07) is 12.0. The minimum atomic E-state index is -0.243. The Morgan fingerprint density at radius 2 is 2.03 bits per heavy atom. The number of allylic oxidation sites excluding steroid dienone is 1. The molecular weight excluding hydrogens is 400 g/mol. The van der Waals surface area contributed by atoms with Gasteiger partial charge in [-0.05, 0) is 66.3 Å². The first-order chi connectivity index (χ1) is 14.5. The Morgan fingerprint density at radius 1 is 1.20 bits per heavy atom. The van der Waals surface area contributed by atoms with Gasteiger partial charge in [0.15, 0.2) is 5.69 Å². The van der Waals surface area contributed by atoms with Crippen LogP contribution in [0, 0.1) is 0 Å². The number of fused-ring (bicyclic) bond motifs is 1. The van der Waals surface area contributed by atoms with Gasteiger partial charge in [-0.15, -0.1) is 0 Å². The number of carbonyl (C=O) groups is 1. The Hall–Kier alpha value is -3.05. The number of methoxy groups -OCH3 is 1. The predicted molar refractivity (Wildman–Crippen MR) is 117 cm³/mol. The second-order valence-electron chi connectivity index (χ2n) is 7.34. The number of nitrogens with zero attached hydrogens (tertiary/aromatic N) is 2. The van der Waals surface area contributed by atoms with E-state index in [1.807, 2.05) is 24.3 Å². The van der Waals surface area contributed by atoms with E-state index in [4.69, 9.17) is 21.1 Å². The van der Waals surface area contributed by atoms with E-state index >= 15 is 0 Å². The van der Waals surface area contributed by atoms with Gasteiger partial charge in [0.25, 0.3) is 0 Å². The second kappa shape index (κ2) is 8.76. The largest absolute Gasteiger partial charge is 0.496 e. The maximum atomic E-state index is 12.4. The predicted octanol–water partition coefficient (Wildman–Crippen LogP) is 5.05. The van der Waals surface area contributed by atoms with Crippen molar-refractivity contribution in [3.05, 3.63) is 81.6 Å². The molecule has 0 aliphatic heterocycles. The number of rotatable bonds is 7. The molecule has 5 nitrogen and oxygen atoms in total. The second-order valence-corrected chi connectivity index (χ2v) is 7.75. The summed E-state index contributed by atoms with van der Waals surface area (Å²) >= 11 is 6.05. The molecule has 0 spiro atoms. The molecule has 6 heteroatoms. The summed E-state index contributed by atoms with van der Waals surface area (Å²) in [6.45, 7) is 0.379. The highest BCUT2D eigenvalue weighted by Gasteiger charge is 2.13. The van der Waals surface area contributed by atoms with Gasteiger partial charge in [-0.3, -0.25) is 9.48 Å². The fourth-order valence-electron chi connectivity index (χ4n) is 3.69. The average molecular weight is 423 g/mol. The number of aromatic nitrogens is 2. The quantitative estimate of drug-likeness (QED) is 0.395. The van der Waals surface area contributed by atoms with Crippen LogP contribution in [-0.4, -0.2) is 22.7 Å². The molecule has 0 saturated heterocycles. The van der Waals surface area contributed by atoms with E-state index < -0.39 is 0 Å². The van der Waals surface area contributed by atoms with Gasteiger partial charge in [-0.25, -0.2) is 0 Å². The van der Waals surface area contributed by atoms with Crippen LogP contribution in [0.2, 0.25) is 5.02 Å². The third-order valence-corrected chi connectivity index (χ3v) is 5.49. The van der Waals surface area contributed by atoms with Crippen LogP contribution >= 0.6 is 11.6 Å². The van der Waals surface area contributed by atoms with Crippen molar-refractivity contribution >= 4 is 23.5 Å². The molecule has 4 rings (SSSR count). The van der Waals surface area contributed by atoms with Crippen LogP contribution in [0.25, 0.3) is 6.08 Å². The zero-order chi connectivity index (χ0) is 21.1. The fraction of sp³-hybridized carbons (Fsp3) is 0.250. The third kappa shape index (κ3) is 4.41. The number of carbonyl (C=O) groups excluding carboxylic acids is 1.